The second-order valence-corrected chi connectivity index (χ2v) is 7.57. The quantitative estimate of drug-likeness (QED) is 0.571. The van der Waals surface area contributed by atoms with Crippen LogP contribution in [0.5, 0.6) is 5.75 Å². The second kappa shape index (κ2) is 11.1. The van der Waals surface area contributed by atoms with Crippen LogP contribution in [0.2, 0.25) is 0 Å². The van der Waals surface area contributed by atoms with Gasteiger partial charge >= 0.3 is 5.97 Å². The smallest absolute Gasteiger partial charge is 0.338 e. The van der Waals surface area contributed by atoms with Gasteiger partial charge in [-0.25, -0.2) is 4.79 Å². The predicted molar refractivity (Wildman–Crippen MR) is 126 cm³/mol. The second-order valence-electron chi connectivity index (χ2n) is 7.57. The number of anilines is 1. The number of nitrogens with zero attached hydrogens (tertiary/aromatic N) is 1. The molecule has 34 heavy (non-hydrogen) atoms. The van der Waals surface area contributed by atoms with Gasteiger partial charge < -0.3 is 25.3 Å². The Balaban J connectivity index is 1.72. The molecule has 1 heterocycles. The van der Waals surface area contributed by atoms with Crippen molar-refractivity contribution in [2.24, 2.45) is 5.73 Å². The van der Waals surface area contributed by atoms with Crippen molar-refractivity contribution < 1.29 is 23.8 Å². The molecule has 0 aliphatic carbocycles. The lowest BCUT2D eigenvalue weighted by molar-refractivity contribution is -0.139. The van der Waals surface area contributed by atoms with Crippen molar-refractivity contribution in [1.82, 2.24) is 0 Å². The number of carbonyl (C=O) groups is 2. The van der Waals surface area contributed by atoms with Gasteiger partial charge in [0.05, 0.1) is 18.1 Å². The van der Waals surface area contributed by atoms with Crippen LogP contribution < -0.4 is 15.8 Å². The molecule has 2 aromatic carbocycles. The van der Waals surface area contributed by atoms with Crippen LogP contribution in [0.1, 0.15) is 37.8 Å². The summed E-state index contributed by atoms with van der Waals surface area (Å²) in [6, 6.07) is 16.4. The molecule has 3 N–H and O–H groups in total. The zero-order valence-corrected chi connectivity index (χ0v) is 19.4. The molecule has 1 amide bonds. The summed E-state index contributed by atoms with van der Waals surface area (Å²) < 4.78 is 16.2. The summed E-state index contributed by atoms with van der Waals surface area (Å²) in [7, 11) is 0. The van der Waals surface area contributed by atoms with E-state index >= 15 is 0 Å². The number of hydrogen-bond acceptors (Lipinski definition) is 7. The van der Waals surface area contributed by atoms with Gasteiger partial charge in [0, 0.05) is 5.69 Å². The highest BCUT2D eigenvalue weighted by atomic mass is 16.5. The number of hydrogen-bond donors (Lipinski definition) is 2. The fraction of sp³-hybridized carbons (Fsp3) is 0.269. The average Bonchev–Trinajstić information content (AvgIpc) is 2.83. The van der Waals surface area contributed by atoms with Crippen LogP contribution in [0.3, 0.4) is 0 Å². The summed E-state index contributed by atoms with van der Waals surface area (Å²) in [6.07, 6.45) is 0.927. The molecule has 1 aliphatic rings. The van der Waals surface area contributed by atoms with Gasteiger partial charge in [0.25, 0.3) is 5.91 Å². The van der Waals surface area contributed by atoms with E-state index < -0.39 is 11.9 Å². The molecule has 0 saturated heterocycles. The predicted octanol–water partition coefficient (Wildman–Crippen LogP) is 3.91. The van der Waals surface area contributed by atoms with Gasteiger partial charge in [-0.3, -0.25) is 4.79 Å². The average molecular weight is 462 g/mol. The Morgan fingerprint density at radius 1 is 1.12 bits per heavy atom. The van der Waals surface area contributed by atoms with Gasteiger partial charge in [-0.05, 0) is 55.7 Å². The molecule has 0 fully saturated rings. The highest BCUT2D eigenvalue weighted by Crippen LogP contribution is 2.39. The Morgan fingerprint density at radius 2 is 1.79 bits per heavy atom. The summed E-state index contributed by atoms with van der Waals surface area (Å²) >= 11 is 0. The highest BCUT2D eigenvalue weighted by Gasteiger charge is 2.36. The van der Waals surface area contributed by atoms with E-state index in [0.29, 0.717) is 17.0 Å². The van der Waals surface area contributed by atoms with Gasteiger partial charge in [-0.2, -0.15) is 5.26 Å². The van der Waals surface area contributed by atoms with Crippen LogP contribution in [0.25, 0.3) is 0 Å². The van der Waals surface area contributed by atoms with E-state index in [1.807, 2.05) is 30.3 Å². The van der Waals surface area contributed by atoms with E-state index in [1.165, 1.54) is 5.56 Å². The number of rotatable bonds is 8. The van der Waals surface area contributed by atoms with Crippen molar-refractivity contribution in [3.8, 4) is 11.8 Å². The van der Waals surface area contributed by atoms with Gasteiger partial charge in [0.1, 0.15) is 23.2 Å². The van der Waals surface area contributed by atoms with Gasteiger partial charge in [0.2, 0.25) is 5.88 Å². The fourth-order valence-corrected chi connectivity index (χ4v) is 3.61. The molecule has 3 rings (SSSR count). The molecular weight excluding hydrogens is 434 g/mol. The van der Waals surface area contributed by atoms with Crippen LogP contribution >= 0.6 is 0 Å². The number of esters is 1. The van der Waals surface area contributed by atoms with E-state index in [9.17, 15) is 14.9 Å². The minimum Gasteiger partial charge on any atom is -0.484 e. The molecule has 0 bridgehead atoms. The first-order chi connectivity index (χ1) is 16.4. The van der Waals surface area contributed by atoms with Crippen LogP contribution in [0.4, 0.5) is 5.69 Å². The third-order valence-electron chi connectivity index (χ3n) is 5.33. The first-order valence-corrected chi connectivity index (χ1v) is 10.9. The lowest BCUT2D eigenvalue weighted by Gasteiger charge is -2.26. The van der Waals surface area contributed by atoms with Crippen molar-refractivity contribution in [3.63, 3.8) is 0 Å². The number of allylic oxidation sites excluding steroid dienone is 2. The van der Waals surface area contributed by atoms with Crippen LogP contribution in [0, 0.1) is 11.3 Å². The number of ether oxygens (including phenoxy) is 3. The summed E-state index contributed by atoms with van der Waals surface area (Å²) in [5.41, 5.74) is 8.77. The monoisotopic (exact) mass is 461 g/mol. The van der Waals surface area contributed by atoms with E-state index in [0.717, 1.165) is 6.42 Å². The van der Waals surface area contributed by atoms with Crippen molar-refractivity contribution in [1.29, 1.82) is 5.26 Å². The van der Waals surface area contributed by atoms with Crippen LogP contribution in [-0.2, 0) is 25.5 Å². The molecule has 8 nitrogen and oxygen atoms in total. The zero-order chi connectivity index (χ0) is 24.7. The molecule has 8 heteroatoms. The zero-order valence-electron chi connectivity index (χ0n) is 19.4. The number of nitriles is 1. The summed E-state index contributed by atoms with van der Waals surface area (Å²) in [5.74, 6) is -0.911. The number of carbonyl (C=O) groups excluding carboxylic acids is 2. The third-order valence-corrected chi connectivity index (χ3v) is 5.33. The maximum atomic E-state index is 12.6. The summed E-state index contributed by atoms with van der Waals surface area (Å²) in [6.45, 7) is 5.38. The van der Waals surface area contributed by atoms with Crippen molar-refractivity contribution in [2.45, 2.75) is 33.1 Å². The Labute approximate surface area is 198 Å². The number of benzene rings is 2. The maximum Gasteiger partial charge on any atom is 0.338 e. The van der Waals surface area contributed by atoms with E-state index in [-0.39, 0.29) is 41.9 Å². The Bertz CT molecular complexity index is 1160. The molecule has 1 unspecified atom stereocenters. The Kier molecular flexibility index (Phi) is 7.93. The molecule has 0 aromatic heterocycles. The molecule has 0 saturated carbocycles. The van der Waals surface area contributed by atoms with Crippen molar-refractivity contribution >= 4 is 17.6 Å². The SMILES string of the molecule is CCOC(=O)C1=C(C)OC(N)=C(C#N)C1c1ccc(OCC(=O)Nc2ccc(CC)cc2)cc1. The molecule has 176 valence electrons. The Morgan fingerprint density at radius 3 is 2.38 bits per heavy atom. The highest BCUT2D eigenvalue weighted by molar-refractivity contribution is 5.93. The van der Waals surface area contributed by atoms with Crippen LogP contribution in [0.15, 0.2) is 71.3 Å². The molecule has 2 aromatic rings. The number of amides is 1. The lowest BCUT2D eigenvalue weighted by Crippen LogP contribution is -2.25. The van der Waals surface area contributed by atoms with E-state index in [2.05, 4.69) is 12.2 Å². The van der Waals surface area contributed by atoms with Crippen LogP contribution in [-0.4, -0.2) is 25.1 Å². The topological polar surface area (TPSA) is 124 Å². The minimum absolute atomic E-state index is 0.0537. The molecule has 1 aliphatic heterocycles. The number of nitrogens with two attached hydrogens (primary N) is 1. The number of nitrogens with one attached hydrogen (secondary N) is 1. The van der Waals surface area contributed by atoms with Crippen molar-refractivity contribution in [3.05, 3.63) is 82.4 Å². The summed E-state index contributed by atoms with van der Waals surface area (Å²) in [5, 5.41) is 12.4. The van der Waals surface area contributed by atoms with E-state index in [1.54, 1.807) is 38.1 Å². The molecule has 1 atom stereocenters. The van der Waals surface area contributed by atoms with E-state index in [4.69, 9.17) is 19.9 Å². The first-order valence-electron chi connectivity index (χ1n) is 10.9. The first kappa shape index (κ1) is 24.4. The normalized spacial score (nSPS) is 15.3. The molecule has 0 radical (unpaired) electrons. The summed E-state index contributed by atoms with van der Waals surface area (Å²) in [4.78, 5) is 24.8. The largest absolute Gasteiger partial charge is 0.484 e. The fourth-order valence-electron chi connectivity index (χ4n) is 3.61. The molecule has 0 spiro atoms. The number of aryl methyl sites for hydroxylation is 1. The van der Waals surface area contributed by atoms with Gasteiger partial charge in [0.15, 0.2) is 6.61 Å². The third kappa shape index (κ3) is 5.56. The van der Waals surface area contributed by atoms with Gasteiger partial charge in [-0.1, -0.05) is 31.2 Å². The van der Waals surface area contributed by atoms with Crippen molar-refractivity contribution in [2.75, 3.05) is 18.5 Å². The lowest BCUT2D eigenvalue weighted by atomic mass is 9.83. The molecular formula is C26H27N3O5. The van der Waals surface area contributed by atoms with Gasteiger partial charge in [-0.15, -0.1) is 0 Å². The maximum absolute atomic E-state index is 12.6. The minimum atomic E-state index is -0.735. The Hall–Kier alpha value is -4.25. The standard InChI is InChI=1S/C26H27N3O5/c1-4-17-6-10-19(11-7-17)29-22(30)15-33-20-12-8-18(9-13-20)24-21(14-27)25(28)34-16(3)23(24)26(31)32-5-2/h6-13,24H,4-5,15,28H2,1-3H3,(H,29,30).